The predicted octanol–water partition coefficient (Wildman–Crippen LogP) is -1.23. The molecule has 0 spiro atoms. The fourth-order valence-corrected chi connectivity index (χ4v) is 4.00. The minimum absolute atomic E-state index is 0.0447. The van der Waals surface area contributed by atoms with Crippen LogP contribution in [0.1, 0.15) is 32.1 Å². The van der Waals surface area contributed by atoms with E-state index in [0.717, 1.165) is 38.4 Å². The van der Waals surface area contributed by atoms with Crippen molar-refractivity contribution in [2.45, 2.75) is 49.8 Å². The van der Waals surface area contributed by atoms with Gasteiger partial charge < -0.3 is 10.8 Å². The van der Waals surface area contributed by atoms with Gasteiger partial charge in [-0.15, -0.1) is 0 Å². The van der Waals surface area contributed by atoms with Crippen LogP contribution >= 0.6 is 0 Å². The van der Waals surface area contributed by atoms with E-state index in [1.165, 1.54) is 0 Å². The lowest BCUT2D eigenvalue weighted by atomic mass is 9.87. The Balaban J connectivity index is 2.02. The summed E-state index contributed by atoms with van der Waals surface area (Å²) in [5, 5.41) is 10.0. The summed E-state index contributed by atoms with van der Waals surface area (Å²) in [7, 11) is -3.32. The molecule has 1 amide bonds. The van der Waals surface area contributed by atoms with Crippen molar-refractivity contribution in [3.63, 3.8) is 0 Å². The van der Waals surface area contributed by atoms with Crippen molar-refractivity contribution < 1.29 is 18.3 Å². The van der Waals surface area contributed by atoms with E-state index in [0.29, 0.717) is 0 Å². The summed E-state index contributed by atoms with van der Waals surface area (Å²) in [4.78, 5) is 13.8. The second-order valence-electron chi connectivity index (χ2n) is 5.91. The molecular weight excluding hydrogens is 282 g/mol. The molecule has 2 aliphatic rings. The van der Waals surface area contributed by atoms with Gasteiger partial charge in [-0.2, -0.15) is 0 Å². The number of nitrogens with two attached hydrogens (primary N) is 1. The number of rotatable bonds is 6. The number of aliphatic hydroxyl groups excluding tert-OH is 1. The van der Waals surface area contributed by atoms with Crippen molar-refractivity contribution in [3.05, 3.63) is 0 Å². The average molecular weight is 305 g/mol. The first kappa shape index (κ1) is 15.7. The molecule has 20 heavy (non-hydrogen) atoms. The molecule has 0 saturated carbocycles. The number of carbonyl (C=O) groups excluding carboxylic acids is 1. The van der Waals surface area contributed by atoms with Crippen LogP contribution in [0.5, 0.6) is 0 Å². The number of amides is 1. The second kappa shape index (κ2) is 5.59. The molecule has 2 rings (SSSR count). The van der Waals surface area contributed by atoms with E-state index < -0.39 is 21.7 Å². The predicted molar refractivity (Wildman–Crippen MR) is 74.4 cm³/mol. The van der Waals surface area contributed by atoms with Crippen LogP contribution in [0, 0.1) is 0 Å². The molecule has 2 aliphatic heterocycles. The maximum Gasteiger partial charge on any atom is 0.237 e. The number of sulfonamides is 1. The lowest BCUT2D eigenvalue weighted by Crippen LogP contribution is -2.60. The van der Waals surface area contributed by atoms with Crippen molar-refractivity contribution in [3.8, 4) is 0 Å². The minimum atomic E-state index is -3.32. The third-order valence-electron chi connectivity index (χ3n) is 4.46. The van der Waals surface area contributed by atoms with Crippen molar-refractivity contribution in [2.75, 3.05) is 19.3 Å². The van der Waals surface area contributed by atoms with Crippen LogP contribution in [0.3, 0.4) is 0 Å². The van der Waals surface area contributed by atoms with Gasteiger partial charge in [0.1, 0.15) is 5.54 Å². The zero-order valence-corrected chi connectivity index (χ0v) is 12.5. The molecule has 0 unspecified atom stereocenters. The third kappa shape index (κ3) is 3.13. The van der Waals surface area contributed by atoms with E-state index in [2.05, 4.69) is 4.72 Å². The van der Waals surface area contributed by atoms with E-state index >= 15 is 0 Å². The van der Waals surface area contributed by atoms with Gasteiger partial charge in [-0.05, 0) is 32.1 Å². The Kier molecular flexibility index (Phi) is 4.38. The Hall–Kier alpha value is -0.700. The molecule has 0 aromatic heterocycles. The molecule has 0 radical (unpaired) electrons. The number of primary amides is 1. The largest absolute Gasteiger partial charge is 0.390 e. The van der Waals surface area contributed by atoms with Crippen LogP contribution in [-0.2, 0) is 14.8 Å². The number of aliphatic hydroxyl groups is 1. The third-order valence-corrected chi connectivity index (χ3v) is 5.15. The summed E-state index contributed by atoms with van der Waals surface area (Å²) in [6.07, 6.45) is 4.56. The molecule has 0 aromatic carbocycles. The quantitative estimate of drug-likeness (QED) is 0.569. The maximum absolute atomic E-state index is 11.8. The van der Waals surface area contributed by atoms with Crippen molar-refractivity contribution in [2.24, 2.45) is 5.73 Å². The van der Waals surface area contributed by atoms with Crippen LogP contribution in [0.25, 0.3) is 0 Å². The molecule has 2 fully saturated rings. The van der Waals surface area contributed by atoms with Crippen LogP contribution in [0.15, 0.2) is 0 Å². The number of hydrogen-bond donors (Lipinski definition) is 3. The highest BCUT2D eigenvalue weighted by Crippen LogP contribution is 2.43. The SMILES string of the molecule is CS(=O)(=O)NC[C@H](O)CN1[C@H]2CCC[C@]1(C(N)=O)CC2. The number of fused-ring (bicyclic) bond motifs is 2. The lowest BCUT2D eigenvalue weighted by molar-refractivity contribution is -0.132. The first-order valence-electron chi connectivity index (χ1n) is 6.94. The molecule has 2 bridgehead atoms. The molecule has 0 aromatic rings. The van der Waals surface area contributed by atoms with Crippen LogP contribution in [0.2, 0.25) is 0 Å². The number of piperidine rings is 1. The average Bonchev–Trinajstić information content (AvgIpc) is 2.56. The van der Waals surface area contributed by atoms with Crippen molar-refractivity contribution in [1.82, 2.24) is 9.62 Å². The second-order valence-corrected chi connectivity index (χ2v) is 7.74. The van der Waals surface area contributed by atoms with Gasteiger partial charge in [0.25, 0.3) is 0 Å². The van der Waals surface area contributed by atoms with Gasteiger partial charge in [-0.3, -0.25) is 9.69 Å². The van der Waals surface area contributed by atoms with Gasteiger partial charge in [0.2, 0.25) is 15.9 Å². The van der Waals surface area contributed by atoms with Crippen LogP contribution in [0.4, 0.5) is 0 Å². The lowest BCUT2D eigenvalue weighted by Gasteiger charge is -2.43. The zero-order valence-electron chi connectivity index (χ0n) is 11.7. The van der Waals surface area contributed by atoms with E-state index in [-0.39, 0.29) is 25.0 Å². The van der Waals surface area contributed by atoms with Crippen molar-refractivity contribution in [1.29, 1.82) is 0 Å². The van der Waals surface area contributed by atoms with E-state index in [1.807, 2.05) is 4.90 Å². The van der Waals surface area contributed by atoms with Gasteiger partial charge >= 0.3 is 0 Å². The summed E-state index contributed by atoms with van der Waals surface area (Å²) >= 11 is 0. The molecule has 2 saturated heterocycles. The molecular formula is C12H23N3O4S. The van der Waals surface area contributed by atoms with Crippen molar-refractivity contribution >= 4 is 15.9 Å². The van der Waals surface area contributed by atoms with E-state index in [9.17, 15) is 18.3 Å². The summed E-state index contributed by atoms with van der Waals surface area (Å²) in [5.74, 6) is -0.331. The Morgan fingerprint density at radius 2 is 2.20 bits per heavy atom. The van der Waals surface area contributed by atoms with Gasteiger partial charge in [0, 0.05) is 19.1 Å². The zero-order chi connectivity index (χ0) is 15.0. The molecule has 3 atom stereocenters. The number of nitrogens with zero attached hydrogens (tertiary/aromatic N) is 1. The molecule has 7 nitrogen and oxygen atoms in total. The number of β-amino-alcohol motifs (C(OH)–C–C–N with tert-alkyl or cyclic N) is 1. The minimum Gasteiger partial charge on any atom is -0.390 e. The highest BCUT2D eigenvalue weighted by atomic mass is 32.2. The normalized spacial score (nSPS) is 32.2. The van der Waals surface area contributed by atoms with Gasteiger partial charge in [0.05, 0.1) is 12.4 Å². The van der Waals surface area contributed by atoms with Gasteiger partial charge in [0.15, 0.2) is 0 Å². The molecule has 4 N–H and O–H groups in total. The van der Waals surface area contributed by atoms with Gasteiger partial charge in [-0.25, -0.2) is 13.1 Å². The van der Waals surface area contributed by atoms with Crippen LogP contribution in [-0.4, -0.2) is 61.4 Å². The monoisotopic (exact) mass is 305 g/mol. The fourth-order valence-electron chi connectivity index (χ4n) is 3.50. The molecule has 8 heteroatoms. The van der Waals surface area contributed by atoms with E-state index in [1.54, 1.807) is 0 Å². The Labute approximate surface area is 119 Å². The van der Waals surface area contributed by atoms with E-state index in [4.69, 9.17) is 5.73 Å². The highest BCUT2D eigenvalue weighted by molar-refractivity contribution is 7.88. The first-order chi connectivity index (χ1) is 9.24. The first-order valence-corrected chi connectivity index (χ1v) is 8.83. The summed E-state index contributed by atoms with van der Waals surface area (Å²) in [6, 6.07) is 0.268. The number of carbonyl (C=O) groups is 1. The fraction of sp³-hybridized carbons (Fsp3) is 0.917. The Bertz CT molecular complexity index is 477. The topological polar surface area (TPSA) is 113 Å². The Morgan fingerprint density at radius 3 is 2.80 bits per heavy atom. The summed E-state index contributed by atoms with van der Waals surface area (Å²) in [6.45, 7) is 0.229. The summed E-state index contributed by atoms with van der Waals surface area (Å²) in [5.41, 5.74) is 4.93. The number of nitrogens with one attached hydrogen (secondary N) is 1. The standard InChI is InChI=1S/C12H23N3O4S/c1-20(18,19)14-7-10(16)8-15-9-3-2-5-12(15,6-4-9)11(13)17/h9-10,14,16H,2-8H2,1H3,(H2,13,17)/t9-,10-,12+/m0/s1. The number of hydrogen-bond acceptors (Lipinski definition) is 5. The summed E-state index contributed by atoms with van der Waals surface area (Å²) < 4.78 is 24.3. The van der Waals surface area contributed by atoms with Crippen LogP contribution < -0.4 is 10.5 Å². The maximum atomic E-state index is 11.8. The highest BCUT2D eigenvalue weighted by Gasteiger charge is 2.52. The Morgan fingerprint density at radius 1 is 1.50 bits per heavy atom. The smallest absolute Gasteiger partial charge is 0.237 e. The van der Waals surface area contributed by atoms with Gasteiger partial charge in [-0.1, -0.05) is 0 Å². The molecule has 0 aliphatic carbocycles. The molecule has 2 heterocycles. The molecule has 116 valence electrons.